The molecule has 0 bridgehead atoms. The van der Waals surface area contributed by atoms with E-state index in [1.165, 1.54) is 6.08 Å². The number of hydrogen-bond acceptors (Lipinski definition) is 7. The number of amides is 1. The number of allylic oxidation sites excluding steroid dienone is 2. The number of benzene rings is 2. The van der Waals surface area contributed by atoms with Gasteiger partial charge in [0.05, 0.1) is 41.1 Å². The van der Waals surface area contributed by atoms with Crippen molar-refractivity contribution < 1.29 is 9.53 Å². The van der Waals surface area contributed by atoms with Gasteiger partial charge in [-0.3, -0.25) is 4.79 Å². The van der Waals surface area contributed by atoms with Crippen LogP contribution in [0.5, 0.6) is 5.75 Å². The number of aryl methyl sites for hydroxylation is 1. The zero-order valence-corrected chi connectivity index (χ0v) is 23.7. The number of fused-ring (bicyclic) bond motifs is 1. The van der Waals surface area contributed by atoms with Crippen LogP contribution in [-0.4, -0.2) is 65.7 Å². The summed E-state index contributed by atoms with van der Waals surface area (Å²) in [5, 5.41) is 7.76. The maximum Gasteiger partial charge on any atom is 0.248 e. The van der Waals surface area contributed by atoms with Crippen LogP contribution in [0.3, 0.4) is 0 Å². The summed E-state index contributed by atoms with van der Waals surface area (Å²) in [6.07, 6.45) is 8.19. The van der Waals surface area contributed by atoms with Gasteiger partial charge in [0.1, 0.15) is 5.75 Å². The van der Waals surface area contributed by atoms with Gasteiger partial charge in [0, 0.05) is 61.0 Å². The average molecular weight is 558 g/mol. The van der Waals surface area contributed by atoms with Crippen LogP contribution in [0.15, 0.2) is 73.6 Å². The summed E-state index contributed by atoms with van der Waals surface area (Å²) in [6.45, 7) is 5.31. The number of likely N-dealkylation sites (N-methyl/N-ethyl adjacent to an activating group) is 1. The topological polar surface area (TPSA) is 87.5 Å². The molecule has 0 aliphatic carbocycles. The first kappa shape index (κ1) is 27.2. The number of ether oxygens (including phenoxy) is 1. The predicted molar refractivity (Wildman–Crippen MR) is 163 cm³/mol. The second-order valence-corrected chi connectivity index (χ2v) is 10.3. The van der Waals surface area contributed by atoms with Crippen molar-refractivity contribution in [1.82, 2.24) is 19.4 Å². The Bertz CT molecular complexity index is 1610. The summed E-state index contributed by atoms with van der Waals surface area (Å²) >= 11 is 6.58. The van der Waals surface area contributed by atoms with Crippen molar-refractivity contribution in [3.8, 4) is 17.0 Å². The van der Waals surface area contributed by atoms with E-state index in [0.29, 0.717) is 39.8 Å². The molecule has 10 heteroatoms. The normalized spacial score (nSPS) is 13.6. The molecule has 206 valence electrons. The predicted octanol–water partition coefficient (Wildman–Crippen LogP) is 5.47. The average Bonchev–Trinajstić information content (AvgIpc) is 3.24. The van der Waals surface area contributed by atoms with Gasteiger partial charge in [-0.2, -0.15) is 0 Å². The third-order valence-electron chi connectivity index (χ3n) is 7.04. The molecule has 0 atom stereocenters. The molecule has 5 rings (SSSR count). The zero-order chi connectivity index (χ0) is 28.4. The highest BCUT2D eigenvalue weighted by atomic mass is 35.5. The SMILES string of the molecule is C=C/C=C\C(=O)Nc1cc(Nc2ncc(Cl)c(-c3cn(C)c4ccccc34)n2)c(OC)cc1N1CC(N(C)C)C1. The lowest BCUT2D eigenvalue weighted by Crippen LogP contribution is -2.57. The van der Waals surface area contributed by atoms with E-state index in [1.807, 2.05) is 48.1 Å². The van der Waals surface area contributed by atoms with Crippen LogP contribution in [0, 0.1) is 0 Å². The van der Waals surface area contributed by atoms with E-state index in [4.69, 9.17) is 21.3 Å². The molecular formula is C30H32ClN7O2. The van der Waals surface area contributed by atoms with E-state index in [0.717, 1.165) is 35.2 Å². The molecule has 2 aromatic heterocycles. The van der Waals surface area contributed by atoms with Crippen molar-refractivity contribution in [2.45, 2.75) is 6.04 Å². The largest absolute Gasteiger partial charge is 0.494 e. The Morgan fingerprint density at radius 1 is 1.23 bits per heavy atom. The highest BCUT2D eigenvalue weighted by molar-refractivity contribution is 6.33. The number of halogens is 1. The zero-order valence-electron chi connectivity index (χ0n) is 23.0. The van der Waals surface area contributed by atoms with Gasteiger partial charge < -0.3 is 29.7 Å². The Labute approximate surface area is 238 Å². The molecule has 9 nitrogen and oxygen atoms in total. The van der Waals surface area contributed by atoms with Gasteiger partial charge >= 0.3 is 0 Å². The number of anilines is 4. The van der Waals surface area contributed by atoms with Gasteiger partial charge in [0.2, 0.25) is 11.9 Å². The molecule has 3 heterocycles. The Hall–Kier alpha value is -4.34. The van der Waals surface area contributed by atoms with Crippen molar-refractivity contribution in [2.24, 2.45) is 7.05 Å². The summed E-state index contributed by atoms with van der Waals surface area (Å²) in [7, 11) is 7.73. The molecule has 0 spiro atoms. The lowest BCUT2D eigenvalue weighted by atomic mass is 10.0. The van der Waals surface area contributed by atoms with E-state index in [-0.39, 0.29) is 5.91 Å². The number of hydrogen-bond donors (Lipinski definition) is 2. The molecule has 4 aromatic rings. The Balaban J connectivity index is 1.52. The smallest absolute Gasteiger partial charge is 0.248 e. The van der Waals surface area contributed by atoms with E-state index < -0.39 is 0 Å². The lowest BCUT2D eigenvalue weighted by Gasteiger charge is -2.45. The van der Waals surface area contributed by atoms with E-state index in [2.05, 4.69) is 52.2 Å². The van der Waals surface area contributed by atoms with Crippen molar-refractivity contribution in [2.75, 3.05) is 49.8 Å². The van der Waals surface area contributed by atoms with E-state index >= 15 is 0 Å². The first-order valence-corrected chi connectivity index (χ1v) is 13.2. The maximum atomic E-state index is 12.6. The number of aromatic nitrogens is 3. The molecule has 1 aliphatic heterocycles. The highest BCUT2D eigenvalue weighted by Crippen LogP contribution is 2.41. The quantitative estimate of drug-likeness (QED) is 0.208. The van der Waals surface area contributed by atoms with Crippen LogP contribution in [0.2, 0.25) is 5.02 Å². The fraction of sp³-hybridized carbons (Fsp3) is 0.233. The van der Waals surface area contributed by atoms with Crippen LogP contribution in [0.25, 0.3) is 22.2 Å². The molecule has 0 unspecified atom stereocenters. The number of nitrogens with one attached hydrogen (secondary N) is 2. The first-order valence-electron chi connectivity index (χ1n) is 12.9. The van der Waals surface area contributed by atoms with Crippen LogP contribution in [0.1, 0.15) is 0 Å². The third-order valence-corrected chi connectivity index (χ3v) is 7.31. The molecular weight excluding hydrogens is 526 g/mol. The van der Waals surface area contributed by atoms with Crippen molar-refractivity contribution in [1.29, 1.82) is 0 Å². The van der Waals surface area contributed by atoms with Gasteiger partial charge in [-0.15, -0.1) is 0 Å². The Morgan fingerprint density at radius 3 is 2.73 bits per heavy atom. The summed E-state index contributed by atoms with van der Waals surface area (Å²) in [5.41, 5.74) is 4.71. The first-order chi connectivity index (χ1) is 19.3. The molecule has 0 saturated carbocycles. The number of nitrogens with zero attached hydrogens (tertiary/aromatic N) is 5. The molecule has 0 radical (unpaired) electrons. The van der Waals surface area contributed by atoms with Gasteiger partial charge in [-0.05, 0) is 26.2 Å². The number of para-hydroxylation sites is 1. The third kappa shape index (κ3) is 5.38. The van der Waals surface area contributed by atoms with Crippen LogP contribution in [0.4, 0.5) is 23.0 Å². The minimum Gasteiger partial charge on any atom is -0.494 e. The number of carbonyl (C=O) groups is 1. The molecule has 40 heavy (non-hydrogen) atoms. The second-order valence-electron chi connectivity index (χ2n) is 9.86. The van der Waals surface area contributed by atoms with Crippen molar-refractivity contribution in [3.05, 3.63) is 78.6 Å². The Kier molecular flexibility index (Phi) is 7.77. The standard InChI is InChI=1S/C30H32ClN7O2/c1-6-7-12-28(39)33-23-13-24(27(40-5)14-26(23)38-16-19(17-38)36(2)3)34-30-32-15-22(31)29(35-30)21-18-37(4)25-11-9-8-10-20(21)25/h6-15,18-19H,1,16-17H2,2-5H3,(H,33,39)(H,32,34,35)/b12-7-. The summed E-state index contributed by atoms with van der Waals surface area (Å²) < 4.78 is 7.80. The number of methoxy groups -OCH3 is 1. The molecule has 2 aromatic carbocycles. The Morgan fingerprint density at radius 2 is 2.00 bits per heavy atom. The van der Waals surface area contributed by atoms with Gasteiger partial charge in [0.25, 0.3) is 0 Å². The molecule has 1 amide bonds. The number of rotatable bonds is 9. The second kappa shape index (κ2) is 11.4. The molecule has 1 saturated heterocycles. The minimum absolute atomic E-state index is 0.261. The highest BCUT2D eigenvalue weighted by Gasteiger charge is 2.31. The van der Waals surface area contributed by atoms with E-state index in [1.54, 1.807) is 25.5 Å². The van der Waals surface area contributed by atoms with Crippen LogP contribution >= 0.6 is 11.6 Å². The monoisotopic (exact) mass is 557 g/mol. The van der Waals surface area contributed by atoms with Gasteiger partial charge in [-0.25, -0.2) is 9.97 Å². The summed E-state index contributed by atoms with van der Waals surface area (Å²) in [4.78, 5) is 26.2. The van der Waals surface area contributed by atoms with Crippen LogP contribution < -0.4 is 20.3 Å². The van der Waals surface area contributed by atoms with Gasteiger partial charge in [-0.1, -0.05) is 48.5 Å². The number of carbonyl (C=O) groups excluding carboxylic acids is 1. The van der Waals surface area contributed by atoms with Crippen molar-refractivity contribution in [3.63, 3.8) is 0 Å². The van der Waals surface area contributed by atoms with Gasteiger partial charge in [0.15, 0.2) is 0 Å². The maximum absolute atomic E-state index is 12.6. The van der Waals surface area contributed by atoms with Crippen LogP contribution in [-0.2, 0) is 11.8 Å². The van der Waals surface area contributed by atoms with E-state index in [9.17, 15) is 4.79 Å². The summed E-state index contributed by atoms with van der Waals surface area (Å²) in [5.74, 6) is 0.676. The summed E-state index contributed by atoms with van der Waals surface area (Å²) in [6, 6.07) is 12.3. The fourth-order valence-corrected chi connectivity index (χ4v) is 4.97. The molecule has 2 N–H and O–H groups in total. The van der Waals surface area contributed by atoms with Crippen molar-refractivity contribution >= 4 is 51.4 Å². The fourth-order valence-electron chi connectivity index (χ4n) is 4.77. The lowest BCUT2D eigenvalue weighted by molar-refractivity contribution is -0.111. The molecule has 1 fully saturated rings. The molecule has 1 aliphatic rings. The minimum atomic E-state index is -0.261.